The minimum atomic E-state index is -0.794. The van der Waals surface area contributed by atoms with E-state index in [-0.39, 0.29) is 29.1 Å². The van der Waals surface area contributed by atoms with Crippen molar-refractivity contribution in [3.63, 3.8) is 0 Å². The first kappa shape index (κ1) is 21.9. The number of ether oxygens (including phenoxy) is 2. The maximum atomic E-state index is 14.3. The van der Waals surface area contributed by atoms with Gasteiger partial charge in [-0.25, -0.2) is 4.39 Å². The fourth-order valence-corrected chi connectivity index (χ4v) is 4.02. The number of nitrogens with one attached hydrogen (secondary N) is 1. The molecule has 1 aliphatic heterocycles. The zero-order valence-corrected chi connectivity index (χ0v) is 17.9. The van der Waals surface area contributed by atoms with Gasteiger partial charge in [-0.05, 0) is 44.9 Å². The number of benzene rings is 1. The Morgan fingerprint density at radius 1 is 1.33 bits per heavy atom. The number of rotatable bonds is 6. The molecule has 2 heterocycles. The summed E-state index contributed by atoms with van der Waals surface area (Å²) in [6, 6.07) is 6.23. The molecule has 0 radical (unpaired) electrons. The highest BCUT2D eigenvalue weighted by Crippen LogP contribution is 2.45. The van der Waals surface area contributed by atoms with Gasteiger partial charge in [0.15, 0.2) is 5.78 Å². The summed E-state index contributed by atoms with van der Waals surface area (Å²) < 4.78 is 25.9. The van der Waals surface area contributed by atoms with E-state index >= 15 is 0 Å². The lowest BCUT2D eigenvalue weighted by atomic mass is 9.85. The summed E-state index contributed by atoms with van der Waals surface area (Å²) in [5.41, 5.74) is 1.43. The molecular formula is C23H27FN2O4. The van der Waals surface area contributed by atoms with Gasteiger partial charge in [0.1, 0.15) is 23.4 Å². The Hall–Kier alpha value is -2.80. The van der Waals surface area contributed by atoms with Gasteiger partial charge >= 0.3 is 0 Å². The van der Waals surface area contributed by atoms with Crippen LogP contribution < -0.4 is 10.1 Å². The van der Waals surface area contributed by atoms with Crippen molar-refractivity contribution in [3.05, 3.63) is 53.1 Å². The first-order valence-corrected chi connectivity index (χ1v) is 9.97. The minimum absolute atomic E-state index is 0.189. The molecule has 0 bridgehead atoms. The molecule has 0 spiro atoms. The van der Waals surface area contributed by atoms with Crippen molar-refractivity contribution < 1.29 is 23.5 Å². The molecule has 0 unspecified atom stereocenters. The van der Waals surface area contributed by atoms with Crippen LogP contribution in [0.3, 0.4) is 0 Å². The normalized spacial score (nSPS) is 20.1. The van der Waals surface area contributed by atoms with Gasteiger partial charge in [0, 0.05) is 35.9 Å². The zero-order chi connectivity index (χ0) is 22.1. The van der Waals surface area contributed by atoms with E-state index in [0.717, 1.165) is 5.56 Å². The summed E-state index contributed by atoms with van der Waals surface area (Å²) in [7, 11) is 1.51. The van der Waals surface area contributed by atoms with Crippen LogP contribution in [0.1, 0.15) is 61.6 Å². The van der Waals surface area contributed by atoms with Crippen LogP contribution >= 0.6 is 0 Å². The van der Waals surface area contributed by atoms with E-state index in [1.54, 1.807) is 12.1 Å². The molecule has 7 heteroatoms. The quantitative estimate of drug-likeness (QED) is 0.714. The van der Waals surface area contributed by atoms with Crippen LogP contribution in [0.25, 0.3) is 0 Å². The predicted molar refractivity (Wildman–Crippen MR) is 112 cm³/mol. The van der Waals surface area contributed by atoms with Gasteiger partial charge in [0.05, 0.1) is 12.7 Å². The van der Waals surface area contributed by atoms with Gasteiger partial charge in [0.25, 0.3) is 5.91 Å². The van der Waals surface area contributed by atoms with Gasteiger partial charge in [0.2, 0.25) is 0 Å². The van der Waals surface area contributed by atoms with E-state index in [2.05, 4.69) is 10.3 Å². The summed E-state index contributed by atoms with van der Waals surface area (Å²) in [5.74, 6) is -0.703. The molecule has 160 valence electrons. The predicted octanol–water partition coefficient (Wildman–Crippen LogP) is 4.28. The largest absolute Gasteiger partial charge is 0.496 e. The Balaban J connectivity index is 1.95. The van der Waals surface area contributed by atoms with Gasteiger partial charge in [-0.3, -0.25) is 14.6 Å². The molecule has 2 aromatic rings. The van der Waals surface area contributed by atoms with Crippen LogP contribution in [0, 0.1) is 5.82 Å². The monoisotopic (exact) mass is 414 g/mol. The van der Waals surface area contributed by atoms with Crippen LogP contribution in [-0.2, 0) is 16.0 Å². The van der Waals surface area contributed by atoms with Crippen LogP contribution in [0.2, 0.25) is 0 Å². The van der Waals surface area contributed by atoms with Crippen molar-refractivity contribution in [2.24, 2.45) is 0 Å². The minimum Gasteiger partial charge on any atom is -0.496 e. The molecule has 1 aliphatic rings. The molecule has 1 N–H and O–H groups in total. The molecule has 0 saturated carbocycles. The van der Waals surface area contributed by atoms with Crippen LogP contribution in [0.4, 0.5) is 10.1 Å². The SMILES string of the molecule is CCc1c(F)ccc([C@@H]2CC(C)(C)O[C@H]2C(=O)Nc2ccnc(C(C)=O)c2)c1OC. The maximum absolute atomic E-state index is 14.3. The average molecular weight is 414 g/mol. The molecule has 1 fully saturated rings. The maximum Gasteiger partial charge on any atom is 0.254 e. The van der Waals surface area contributed by atoms with Crippen molar-refractivity contribution in [2.75, 3.05) is 12.4 Å². The summed E-state index contributed by atoms with van der Waals surface area (Å²) in [6.45, 7) is 7.12. The molecule has 1 amide bonds. The number of Topliss-reactive ketones (excluding diaryl/α,β-unsaturated/α-hetero) is 1. The first-order chi connectivity index (χ1) is 14.2. The second kappa shape index (κ2) is 8.52. The lowest BCUT2D eigenvalue weighted by molar-refractivity contribution is -0.130. The van der Waals surface area contributed by atoms with Crippen LogP contribution in [0.5, 0.6) is 5.75 Å². The summed E-state index contributed by atoms with van der Waals surface area (Å²) >= 11 is 0. The second-order valence-corrected chi connectivity index (χ2v) is 8.09. The number of anilines is 1. The van der Waals surface area contributed by atoms with E-state index in [1.165, 1.54) is 32.4 Å². The highest BCUT2D eigenvalue weighted by atomic mass is 19.1. The van der Waals surface area contributed by atoms with Crippen molar-refractivity contribution in [2.45, 2.75) is 58.2 Å². The summed E-state index contributed by atoms with van der Waals surface area (Å²) in [5, 5.41) is 2.82. The fraction of sp³-hybridized carbons (Fsp3) is 0.435. The number of carbonyl (C=O) groups excluding carboxylic acids is 2. The Morgan fingerprint density at radius 3 is 2.70 bits per heavy atom. The summed E-state index contributed by atoms with van der Waals surface area (Å²) in [6.07, 6.45) is 1.73. The summed E-state index contributed by atoms with van der Waals surface area (Å²) in [4.78, 5) is 28.7. The van der Waals surface area contributed by atoms with Crippen molar-refractivity contribution in [3.8, 4) is 5.75 Å². The number of hydrogen-bond donors (Lipinski definition) is 1. The average Bonchev–Trinajstić information content (AvgIpc) is 3.03. The van der Waals surface area contributed by atoms with E-state index in [1.807, 2.05) is 20.8 Å². The zero-order valence-electron chi connectivity index (χ0n) is 17.9. The number of ketones is 1. The van der Waals surface area contributed by atoms with Gasteiger partial charge in [-0.2, -0.15) is 0 Å². The molecule has 1 aromatic heterocycles. The number of halogens is 1. The van der Waals surface area contributed by atoms with E-state index in [9.17, 15) is 14.0 Å². The molecule has 1 saturated heterocycles. The molecule has 3 rings (SSSR count). The van der Waals surface area contributed by atoms with E-state index in [0.29, 0.717) is 29.8 Å². The lowest BCUT2D eigenvalue weighted by Gasteiger charge is -2.22. The Kier molecular flexibility index (Phi) is 6.22. The van der Waals surface area contributed by atoms with E-state index < -0.39 is 11.7 Å². The number of methoxy groups -OCH3 is 1. The number of amides is 1. The second-order valence-electron chi connectivity index (χ2n) is 8.09. The van der Waals surface area contributed by atoms with Gasteiger partial charge in [-0.15, -0.1) is 0 Å². The molecule has 30 heavy (non-hydrogen) atoms. The third-order valence-electron chi connectivity index (χ3n) is 5.36. The highest BCUT2D eigenvalue weighted by molar-refractivity contribution is 5.97. The van der Waals surface area contributed by atoms with E-state index in [4.69, 9.17) is 9.47 Å². The van der Waals surface area contributed by atoms with Crippen LogP contribution in [0.15, 0.2) is 30.5 Å². The molecule has 1 aromatic carbocycles. The van der Waals surface area contributed by atoms with Crippen molar-refractivity contribution in [1.29, 1.82) is 0 Å². The number of aromatic nitrogens is 1. The Labute approximate surface area is 175 Å². The standard InChI is InChI=1S/C23H27FN2O4/c1-6-15-18(24)8-7-16(20(15)29-5)17-12-23(3,4)30-21(17)22(28)26-14-9-10-25-19(11-14)13(2)27/h7-11,17,21H,6,12H2,1-5H3,(H,25,26,28)/t17-,21+/m0/s1. The molecule has 6 nitrogen and oxygen atoms in total. The fourth-order valence-electron chi connectivity index (χ4n) is 4.02. The number of carbonyl (C=O) groups is 2. The number of hydrogen-bond acceptors (Lipinski definition) is 5. The van der Waals surface area contributed by atoms with Gasteiger partial charge < -0.3 is 14.8 Å². The number of nitrogens with zero attached hydrogens (tertiary/aromatic N) is 1. The Morgan fingerprint density at radius 2 is 2.07 bits per heavy atom. The Bertz CT molecular complexity index is 974. The molecular weight excluding hydrogens is 387 g/mol. The smallest absolute Gasteiger partial charge is 0.254 e. The molecule has 2 atom stereocenters. The van der Waals surface area contributed by atoms with Crippen LogP contribution in [-0.4, -0.2) is 35.5 Å². The van der Waals surface area contributed by atoms with Gasteiger partial charge in [-0.1, -0.05) is 13.0 Å². The number of pyridine rings is 1. The molecule has 0 aliphatic carbocycles. The highest BCUT2D eigenvalue weighted by Gasteiger charge is 2.46. The van der Waals surface area contributed by atoms with Crippen molar-refractivity contribution in [1.82, 2.24) is 4.98 Å². The third-order valence-corrected chi connectivity index (χ3v) is 5.36. The lowest BCUT2D eigenvalue weighted by Crippen LogP contribution is -2.33. The first-order valence-electron chi connectivity index (χ1n) is 9.97. The third kappa shape index (κ3) is 4.36. The topological polar surface area (TPSA) is 77.5 Å². The van der Waals surface area contributed by atoms with Crippen molar-refractivity contribution >= 4 is 17.4 Å².